The van der Waals surface area contributed by atoms with Gasteiger partial charge in [-0.15, -0.1) is 0 Å². The van der Waals surface area contributed by atoms with Crippen LogP contribution >= 0.6 is 0 Å². The lowest BCUT2D eigenvalue weighted by Gasteiger charge is -2.28. The molecule has 0 amide bonds. The zero-order valence-electron chi connectivity index (χ0n) is 14.3. The molecule has 5 heteroatoms. The van der Waals surface area contributed by atoms with Crippen molar-refractivity contribution in [3.63, 3.8) is 0 Å². The molecule has 1 fully saturated rings. The molecule has 0 spiro atoms. The van der Waals surface area contributed by atoms with Gasteiger partial charge in [0.2, 0.25) is 0 Å². The lowest BCUT2D eigenvalue weighted by molar-refractivity contribution is 0.171. The number of ether oxygens (including phenoxy) is 2. The second-order valence-corrected chi connectivity index (χ2v) is 6.99. The number of guanidine groups is 1. The Morgan fingerprint density at radius 1 is 1.17 bits per heavy atom. The molecule has 126 valence electrons. The van der Waals surface area contributed by atoms with Crippen LogP contribution in [0.1, 0.15) is 32.3 Å². The van der Waals surface area contributed by atoms with Gasteiger partial charge in [0.25, 0.3) is 0 Å². The summed E-state index contributed by atoms with van der Waals surface area (Å²) in [4.78, 5) is 4.30. The molecule has 3 rings (SSSR count). The smallest absolute Gasteiger partial charge is 0.191 e. The van der Waals surface area contributed by atoms with E-state index in [1.54, 1.807) is 0 Å². The van der Waals surface area contributed by atoms with Crippen molar-refractivity contribution in [2.45, 2.75) is 32.1 Å². The summed E-state index contributed by atoms with van der Waals surface area (Å²) in [7, 11) is 1.82. The normalized spacial score (nSPS) is 17.8. The predicted octanol–water partition coefficient (Wildman–Crippen LogP) is 2.31. The van der Waals surface area contributed by atoms with Crippen LogP contribution in [0.5, 0.6) is 11.5 Å². The van der Waals surface area contributed by atoms with Gasteiger partial charge >= 0.3 is 0 Å². The van der Waals surface area contributed by atoms with Crippen LogP contribution < -0.4 is 20.1 Å². The molecule has 1 aromatic carbocycles. The van der Waals surface area contributed by atoms with Crippen molar-refractivity contribution in [3.8, 4) is 11.5 Å². The second-order valence-electron chi connectivity index (χ2n) is 6.99. The molecule has 0 aromatic heterocycles. The van der Waals surface area contributed by atoms with Crippen molar-refractivity contribution in [2.24, 2.45) is 10.9 Å². The van der Waals surface area contributed by atoms with E-state index in [1.165, 1.54) is 18.4 Å². The molecular formula is C18H27N3O2. The van der Waals surface area contributed by atoms with Gasteiger partial charge in [-0.3, -0.25) is 4.99 Å². The highest BCUT2D eigenvalue weighted by atomic mass is 16.6. The third-order valence-corrected chi connectivity index (χ3v) is 4.50. The predicted molar refractivity (Wildman–Crippen MR) is 92.5 cm³/mol. The van der Waals surface area contributed by atoms with E-state index in [2.05, 4.69) is 41.6 Å². The Morgan fingerprint density at radius 2 is 1.91 bits per heavy atom. The summed E-state index contributed by atoms with van der Waals surface area (Å²) in [6.07, 6.45) is 2.68. The summed E-state index contributed by atoms with van der Waals surface area (Å²) in [5, 5.41) is 6.84. The van der Waals surface area contributed by atoms with E-state index in [9.17, 15) is 0 Å². The van der Waals surface area contributed by atoms with Crippen LogP contribution in [0, 0.1) is 5.92 Å². The number of aliphatic imine (C=N–C) groups is 1. The summed E-state index contributed by atoms with van der Waals surface area (Å²) in [6.45, 7) is 7.51. The second kappa shape index (κ2) is 6.69. The van der Waals surface area contributed by atoms with Gasteiger partial charge < -0.3 is 20.1 Å². The summed E-state index contributed by atoms with van der Waals surface area (Å²) < 4.78 is 11.3. The van der Waals surface area contributed by atoms with Crippen molar-refractivity contribution in [3.05, 3.63) is 23.8 Å². The standard InChI is InChI=1S/C18H27N3O2/c1-18(2,12-21-17(19-3)20-11-13-4-5-13)14-6-7-15-16(10-14)23-9-8-22-15/h6-7,10,13H,4-5,8-9,11-12H2,1-3H3,(H2,19,20,21). The Balaban J connectivity index is 1.61. The SMILES string of the molecule is CN=C(NCC1CC1)NCC(C)(C)c1ccc2c(c1)OCCO2. The number of hydrogen-bond acceptors (Lipinski definition) is 3. The number of rotatable bonds is 5. The third kappa shape index (κ3) is 4.09. The number of nitrogens with one attached hydrogen (secondary N) is 2. The average Bonchev–Trinajstić information content (AvgIpc) is 3.39. The largest absolute Gasteiger partial charge is 0.486 e. The van der Waals surface area contributed by atoms with Crippen molar-refractivity contribution in [1.82, 2.24) is 10.6 Å². The van der Waals surface area contributed by atoms with Crippen molar-refractivity contribution in [2.75, 3.05) is 33.4 Å². The quantitative estimate of drug-likeness (QED) is 0.646. The van der Waals surface area contributed by atoms with E-state index in [0.29, 0.717) is 13.2 Å². The Hall–Kier alpha value is -1.91. The molecule has 0 radical (unpaired) electrons. The van der Waals surface area contributed by atoms with Gasteiger partial charge in [0.1, 0.15) is 13.2 Å². The molecular weight excluding hydrogens is 290 g/mol. The maximum absolute atomic E-state index is 5.70. The average molecular weight is 317 g/mol. The van der Waals surface area contributed by atoms with Gasteiger partial charge in [0.15, 0.2) is 17.5 Å². The van der Waals surface area contributed by atoms with Gasteiger partial charge in [-0.05, 0) is 36.5 Å². The van der Waals surface area contributed by atoms with Crippen molar-refractivity contribution in [1.29, 1.82) is 0 Å². The first-order valence-corrected chi connectivity index (χ1v) is 8.43. The fourth-order valence-electron chi connectivity index (χ4n) is 2.65. The number of fused-ring (bicyclic) bond motifs is 1. The Kier molecular flexibility index (Phi) is 4.64. The summed E-state index contributed by atoms with van der Waals surface area (Å²) in [6, 6.07) is 6.22. The summed E-state index contributed by atoms with van der Waals surface area (Å²) >= 11 is 0. The minimum Gasteiger partial charge on any atom is -0.486 e. The van der Waals surface area contributed by atoms with Crippen LogP contribution in [-0.4, -0.2) is 39.3 Å². The van der Waals surface area contributed by atoms with Gasteiger partial charge in [-0.25, -0.2) is 0 Å². The number of nitrogens with zero attached hydrogens (tertiary/aromatic N) is 1. The van der Waals surface area contributed by atoms with E-state index in [1.807, 2.05) is 13.1 Å². The fourth-order valence-corrected chi connectivity index (χ4v) is 2.65. The third-order valence-electron chi connectivity index (χ3n) is 4.50. The molecule has 1 aliphatic heterocycles. The molecule has 1 saturated carbocycles. The molecule has 0 atom stereocenters. The van der Waals surface area contributed by atoms with Crippen molar-refractivity contribution < 1.29 is 9.47 Å². The Bertz CT molecular complexity index is 580. The van der Waals surface area contributed by atoms with E-state index < -0.39 is 0 Å². The van der Waals surface area contributed by atoms with E-state index in [-0.39, 0.29) is 5.41 Å². The molecule has 2 N–H and O–H groups in total. The topological polar surface area (TPSA) is 54.9 Å². The summed E-state index contributed by atoms with van der Waals surface area (Å²) in [5.41, 5.74) is 1.19. The zero-order chi connectivity index (χ0) is 16.3. The minimum absolute atomic E-state index is 0.0347. The molecule has 1 aliphatic carbocycles. The highest BCUT2D eigenvalue weighted by molar-refractivity contribution is 5.79. The molecule has 0 bridgehead atoms. The molecule has 0 unspecified atom stereocenters. The summed E-state index contributed by atoms with van der Waals surface area (Å²) in [5.74, 6) is 3.39. The first-order valence-electron chi connectivity index (χ1n) is 8.43. The van der Waals surface area contributed by atoms with E-state index in [4.69, 9.17) is 9.47 Å². The van der Waals surface area contributed by atoms with Gasteiger partial charge in [0.05, 0.1) is 0 Å². The van der Waals surface area contributed by atoms with Gasteiger partial charge in [0, 0.05) is 25.6 Å². The van der Waals surface area contributed by atoms with Crippen LogP contribution in [0.4, 0.5) is 0 Å². The molecule has 1 aromatic rings. The highest BCUT2D eigenvalue weighted by Crippen LogP contribution is 2.34. The molecule has 0 saturated heterocycles. The highest BCUT2D eigenvalue weighted by Gasteiger charge is 2.25. The Labute approximate surface area is 138 Å². The maximum Gasteiger partial charge on any atom is 0.191 e. The first-order chi connectivity index (χ1) is 11.1. The molecule has 2 aliphatic rings. The molecule has 23 heavy (non-hydrogen) atoms. The molecule has 5 nitrogen and oxygen atoms in total. The minimum atomic E-state index is -0.0347. The van der Waals surface area contributed by atoms with Crippen LogP contribution in [0.25, 0.3) is 0 Å². The van der Waals surface area contributed by atoms with Crippen LogP contribution in [0.2, 0.25) is 0 Å². The van der Waals surface area contributed by atoms with Crippen molar-refractivity contribution >= 4 is 5.96 Å². The van der Waals surface area contributed by atoms with E-state index >= 15 is 0 Å². The van der Waals surface area contributed by atoms with E-state index in [0.717, 1.165) is 36.5 Å². The number of benzene rings is 1. The van der Waals surface area contributed by atoms with Crippen LogP contribution in [0.15, 0.2) is 23.2 Å². The van der Waals surface area contributed by atoms with Gasteiger partial charge in [-0.1, -0.05) is 19.9 Å². The van der Waals surface area contributed by atoms with Crippen LogP contribution in [-0.2, 0) is 5.41 Å². The number of hydrogen-bond donors (Lipinski definition) is 2. The monoisotopic (exact) mass is 317 g/mol. The lowest BCUT2D eigenvalue weighted by atomic mass is 9.84. The zero-order valence-corrected chi connectivity index (χ0v) is 14.3. The first kappa shape index (κ1) is 16.0. The Morgan fingerprint density at radius 3 is 2.61 bits per heavy atom. The van der Waals surface area contributed by atoms with Crippen LogP contribution in [0.3, 0.4) is 0 Å². The van der Waals surface area contributed by atoms with Gasteiger partial charge in [-0.2, -0.15) is 0 Å². The fraction of sp³-hybridized carbons (Fsp3) is 0.611. The molecule has 1 heterocycles. The lowest BCUT2D eigenvalue weighted by Crippen LogP contribution is -2.44. The maximum atomic E-state index is 5.70.